The van der Waals surface area contributed by atoms with Crippen molar-refractivity contribution in [3.05, 3.63) is 61.2 Å². The van der Waals surface area contributed by atoms with Crippen LogP contribution in [0.1, 0.15) is 12.5 Å². The van der Waals surface area contributed by atoms with E-state index in [1.165, 1.54) is 18.2 Å². The molecule has 1 aromatic heterocycles. The summed E-state index contributed by atoms with van der Waals surface area (Å²) in [6.45, 7) is 1.69. The van der Waals surface area contributed by atoms with Crippen molar-refractivity contribution in [3.8, 4) is 0 Å². The van der Waals surface area contributed by atoms with Gasteiger partial charge in [0.25, 0.3) is 5.69 Å². The number of nitrogens with one attached hydrogen (secondary N) is 1. The Morgan fingerprint density at radius 3 is 2.68 bits per heavy atom. The first kappa shape index (κ1) is 16.5. The zero-order chi connectivity index (χ0) is 16.3. The Hall–Kier alpha value is -1.89. The van der Waals surface area contributed by atoms with Gasteiger partial charge < -0.3 is 0 Å². The zero-order valence-corrected chi connectivity index (χ0v) is 13.4. The van der Waals surface area contributed by atoms with Gasteiger partial charge in [-0.05, 0) is 13.0 Å². The quantitative estimate of drug-likeness (QED) is 0.368. The topological polar surface area (TPSA) is 80.4 Å². The lowest BCUT2D eigenvalue weighted by atomic mass is 10.1. The van der Waals surface area contributed by atoms with Gasteiger partial charge in [-0.2, -0.15) is 5.10 Å². The van der Waals surface area contributed by atoms with Crippen molar-refractivity contribution in [1.82, 2.24) is 4.98 Å². The van der Waals surface area contributed by atoms with Gasteiger partial charge in [-0.1, -0.05) is 46.9 Å². The number of nitro benzene ring substituents is 1. The van der Waals surface area contributed by atoms with Crippen LogP contribution in [0.25, 0.3) is 0 Å². The molecule has 114 valence electrons. The fourth-order valence-corrected chi connectivity index (χ4v) is 2.11. The molecule has 1 N–H and O–H groups in total. The van der Waals surface area contributed by atoms with E-state index in [0.29, 0.717) is 11.3 Å². The highest BCUT2D eigenvalue weighted by Gasteiger charge is 2.09. The van der Waals surface area contributed by atoms with Crippen LogP contribution in [0.3, 0.4) is 0 Å². The van der Waals surface area contributed by atoms with Crippen LogP contribution in [0.5, 0.6) is 0 Å². The van der Waals surface area contributed by atoms with Crippen LogP contribution in [0.2, 0.25) is 15.2 Å². The minimum atomic E-state index is -0.471. The maximum Gasteiger partial charge on any atom is 0.270 e. The highest BCUT2D eigenvalue weighted by molar-refractivity contribution is 6.42. The standard InChI is InChI=1S/C13H9Cl3N4O2/c1-7(8-3-2-4-9(5-8)20(21)22)18-19-13-11(15)6-10(14)12(16)17-13/h2-6H,1H3,(H,17,19). The first-order valence-corrected chi connectivity index (χ1v) is 7.08. The number of rotatable bonds is 4. The Bertz CT molecular complexity index is 765. The lowest BCUT2D eigenvalue weighted by Gasteiger charge is -2.06. The second-order valence-corrected chi connectivity index (χ2v) is 5.38. The molecule has 0 aliphatic rings. The molecule has 6 nitrogen and oxygen atoms in total. The summed E-state index contributed by atoms with van der Waals surface area (Å²) in [5.74, 6) is 0.237. The second-order valence-electron chi connectivity index (χ2n) is 4.21. The predicted octanol–water partition coefficient (Wildman–Crippen LogP) is 4.79. The number of pyridine rings is 1. The number of aromatic nitrogens is 1. The van der Waals surface area contributed by atoms with Crippen molar-refractivity contribution in [2.75, 3.05) is 5.43 Å². The third-order valence-electron chi connectivity index (χ3n) is 2.69. The molecule has 0 fully saturated rings. The highest BCUT2D eigenvalue weighted by atomic mass is 35.5. The molecule has 0 aliphatic carbocycles. The third-order valence-corrected chi connectivity index (χ3v) is 3.65. The van der Waals surface area contributed by atoms with E-state index in [1.807, 2.05) is 0 Å². The molecule has 1 heterocycles. The molecule has 0 radical (unpaired) electrons. The van der Waals surface area contributed by atoms with E-state index in [-0.39, 0.29) is 26.7 Å². The molecule has 0 aliphatic heterocycles. The summed E-state index contributed by atoms with van der Waals surface area (Å²) in [6.07, 6.45) is 0. The van der Waals surface area contributed by atoms with Crippen molar-refractivity contribution in [2.45, 2.75) is 6.92 Å². The second kappa shape index (κ2) is 6.91. The zero-order valence-electron chi connectivity index (χ0n) is 11.2. The normalized spacial score (nSPS) is 11.4. The van der Waals surface area contributed by atoms with Crippen LogP contribution in [0.15, 0.2) is 35.4 Å². The van der Waals surface area contributed by atoms with Crippen LogP contribution in [-0.4, -0.2) is 15.6 Å². The van der Waals surface area contributed by atoms with Crippen LogP contribution < -0.4 is 5.43 Å². The van der Waals surface area contributed by atoms with Crippen LogP contribution >= 0.6 is 34.8 Å². The summed E-state index contributed by atoms with van der Waals surface area (Å²) in [5.41, 5.74) is 3.76. The van der Waals surface area contributed by atoms with E-state index in [0.717, 1.165) is 0 Å². The number of anilines is 1. The molecule has 0 amide bonds. The summed E-state index contributed by atoms with van der Waals surface area (Å²) in [5, 5.41) is 15.4. The minimum Gasteiger partial charge on any atom is -0.260 e. The Morgan fingerprint density at radius 1 is 1.27 bits per heavy atom. The van der Waals surface area contributed by atoms with Crippen LogP contribution in [0.4, 0.5) is 11.5 Å². The lowest BCUT2D eigenvalue weighted by molar-refractivity contribution is -0.384. The van der Waals surface area contributed by atoms with Crippen molar-refractivity contribution in [2.24, 2.45) is 5.10 Å². The Morgan fingerprint density at radius 2 is 2.00 bits per heavy atom. The third kappa shape index (κ3) is 3.85. The maximum absolute atomic E-state index is 10.8. The van der Waals surface area contributed by atoms with E-state index >= 15 is 0 Å². The number of hydrogen-bond acceptors (Lipinski definition) is 5. The Labute approximate surface area is 140 Å². The van der Waals surface area contributed by atoms with Gasteiger partial charge in [-0.25, -0.2) is 4.98 Å². The molecule has 0 spiro atoms. The molecule has 22 heavy (non-hydrogen) atoms. The molecular weight excluding hydrogens is 351 g/mol. The SMILES string of the molecule is CC(=NNc1nc(Cl)c(Cl)cc1Cl)c1cccc([N+](=O)[O-])c1. The lowest BCUT2D eigenvalue weighted by Crippen LogP contribution is -2.02. The summed E-state index contributed by atoms with van der Waals surface area (Å²) < 4.78 is 0. The number of non-ortho nitro benzene ring substituents is 1. The number of nitrogens with zero attached hydrogens (tertiary/aromatic N) is 3. The van der Waals surface area contributed by atoms with E-state index < -0.39 is 4.92 Å². The minimum absolute atomic E-state index is 0.0160. The van der Waals surface area contributed by atoms with Crippen molar-refractivity contribution in [1.29, 1.82) is 0 Å². The molecule has 1 aromatic carbocycles. The summed E-state index contributed by atoms with van der Waals surface area (Å²) >= 11 is 17.6. The van der Waals surface area contributed by atoms with E-state index in [1.54, 1.807) is 19.1 Å². The van der Waals surface area contributed by atoms with E-state index in [9.17, 15) is 10.1 Å². The van der Waals surface area contributed by atoms with Gasteiger partial charge in [0, 0.05) is 17.7 Å². The Balaban J connectivity index is 2.25. The molecule has 9 heteroatoms. The first-order chi connectivity index (χ1) is 10.4. The average Bonchev–Trinajstić information content (AvgIpc) is 2.49. The van der Waals surface area contributed by atoms with Crippen molar-refractivity contribution < 1.29 is 4.92 Å². The summed E-state index contributed by atoms with van der Waals surface area (Å²) in [4.78, 5) is 14.3. The fraction of sp³-hybridized carbons (Fsp3) is 0.0769. The number of benzene rings is 1. The van der Waals surface area contributed by atoms with Crippen LogP contribution in [0, 0.1) is 10.1 Å². The molecule has 0 unspecified atom stereocenters. The number of hydrogen-bond donors (Lipinski definition) is 1. The van der Waals surface area contributed by atoms with Gasteiger partial charge in [0.2, 0.25) is 0 Å². The van der Waals surface area contributed by atoms with Gasteiger partial charge >= 0.3 is 0 Å². The highest BCUT2D eigenvalue weighted by Crippen LogP contribution is 2.28. The van der Waals surface area contributed by atoms with Crippen LogP contribution in [-0.2, 0) is 0 Å². The van der Waals surface area contributed by atoms with Gasteiger partial charge in [-0.3, -0.25) is 15.5 Å². The number of hydrazone groups is 1. The summed E-state index contributed by atoms with van der Waals surface area (Å²) in [7, 11) is 0. The predicted molar refractivity (Wildman–Crippen MR) is 88.2 cm³/mol. The average molecular weight is 360 g/mol. The van der Waals surface area contributed by atoms with Gasteiger partial charge in [0.05, 0.1) is 20.7 Å². The van der Waals surface area contributed by atoms with Gasteiger partial charge in [-0.15, -0.1) is 0 Å². The Kier molecular flexibility index (Phi) is 5.18. The molecule has 2 aromatic rings. The van der Waals surface area contributed by atoms with Crippen molar-refractivity contribution >= 4 is 52.0 Å². The first-order valence-electron chi connectivity index (χ1n) is 5.95. The van der Waals surface area contributed by atoms with E-state index in [2.05, 4.69) is 15.5 Å². The monoisotopic (exact) mass is 358 g/mol. The maximum atomic E-state index is 10.8. The summed E-state index contributed by atoms with van der Waals surface area (Å²) in [6, 6.07) is 7.55. The number of nitro groups is 1. The fourth-order valence-electron chi connectivity index (χ4n) is 1.57. The molecule has 0 atom stereocenters. The molecule has 2 rings (SSSR count). The molecular formula is C13H9Cl3N4O2. The van der Waals surface area contributed by atoms with Crippen molar-refractivity contribution in [3.63, 3.8) is 0 Å². The number of halogens is 3. The van der Waals surface area contributed by atoms with Gasteiger partial charge in [0.1, 0.15) is 5.15 Å². The smallest absolute Gasteiger partial charge is 0.260 e. The molecule has 0 bridgehead atoms. The molecule has 0 saturated carbocycles. The van der Waals surface area contributed by atoms with Gasteiger partial charge in [0.15, 0.2) is 5.82 Å². The van der Waals surface area contributed by atoms with E-state index in [4.69, 9.17) is 34.8 Å². The largest absolute Gasteiger partial charge is 0.270 e. The molecule has 0 saturated heterocycles.